The average molecular weight is 250 g/mol. The van der Waals surface area contributed by atoms with Gasteiger partial charge in [0.2, 0.25) is 0 Å². The molecule has 3 heteroatoms. The summed E-state index contributed by atoms with van der Waals surface area (Å²) in [6.45, 7) is 8.48. The molecule has 3 nitrogen and oxygen atoms in total. The summed E-state index contributed by atoms with van der Waals surface area (Å²) >= 11 is 0. The third kappa shape index (κ3) is 3.22. The Morgan fingerprint density at radius 2 is 1.89 bits per heavy atom. The third-order valence-electron chi connectivity index (χ3n) is 3.83. The number of pyridine rings is 1. The Hall–Kier alpha value is -1.09. The number of nitrogens with zero attached hydrogens (tertiary/aromatic N) is 1. The molecule has 0 fully saturated rings. The van der Waals surface area contributed by atoms with E-state index in [-0.39, 0.29) is 6.04 Å². The van der Waals surface area contributed by atoms with Gasteiger partial charge in [-0.1, -0.05) is 26.7 Å². The number of aryl methyl sites for hydroxylation is 1. The maximum atomic E-state index is 6.29. The van der Waals surface area contributed by atoms with Crippen LogP contribution in [0.2, 0.25) is 0 Å². The summed E-state index contributed by atoms with van der Waals surface area (Å²) in [5.41, 5.74) is 9.56. The molecule has 0 spiro atoms. The lowest BCUT2D eigenvalue weighted by Gasteiger charge is -2.22. The zero-order chi connectivity index (χ0) is 13.7. The molecule has 1 aromatic heterocycles. The number of rotatable bonds is 6. The van der Waals surface area contributed by atoms with Crippen molar-refractivity contribution in [1.29, 1.82) is 0 Å². The van der Waals surface area contributed by atoms with E-state index in [4.69, 9.17) is 10.5 Å². The van der Waals surface area contributed by atoms with Gasteiger partial charge in [0.1, 0.15) is 5.75 Å². The average Bonchev–Trinajstić information content (AvgIpc) is 2.35. The smallest absolute Gasteiger partial charge is 0.128 e. The van der Waals surface area contributed by atoms with E-state index in [1.807, 2.05) is 13.1 Å². The fourth-order valence-electron chi connectivity index (χ4n) is 2.56. The van der Waals surface area contributed by atoms with Gasteiger partial charge in [0, 0.05) is 35.5 Å². The molecule has 0 aliphatic rings. The first-order valence-corrected chi connectivity index (χ1v) is 6.79. The summed E-state index contributed by atoms with van der Waals surface area (Å²) in [5, 5.41) is 0. The molecule has 0 aromatic carbocycles. The van der Waals surface area contributed by atoms with Crippen molar-refractivity contribution in [3.63, 3.8) is 0 Å². The quantitative estimate of drug-likeness (QED) is 0.844. The van der Waals surface area contributed by atoms with E-state index in [1.54, 1.807) is 7.11 Å². The normalized spacial score (nSPS) is 12.8. The standard InChI is InChI=1S/C15H26N2O/c1-6-12(7-2)13(16)8-14-11(4)15(18-5)10(3)9-17-14/h9,12-13H,6-8,16H2,1-5H3. The van der Waals surface area contributed by atoms with Gasteiger partial charge in [-0.2, -0.15) is 0 Å². The molecule has 1 atom stereocenters. The van der Waals surface area contributed by atoms with Gasteiger partial charge >= 0.3 is 0 Å². The van der Waals surface area contributed by atoms with Crippen LogP contribution in [0.5, 0.6) is 5.75 Å². The van der Waals surface area contributed by atoms with Crippen LogP contribution in [-0.2, 0) is 6.42 Å². The monoisotopic (exact) mass is 250 g/mol. The van der Waals surface area contributed by atoms with Crippen LogP contribution < -0.4 is 10.5 Å². The first-order valence-electron chi connectivity index (χ1n) is 6.79. The van der Waals surface area contributed by atoms with Crippen molar-refractivity contribution in [2.45, 2.75) is 53.0 Å². The van der Waals surface area contributed by atoms with Gasteiger partial charge in [0.15, 0.2) is 0 Å². The second-order valence-corrected chi connectivity index (χ2v) is 4.99. The summed E-state index contributed by atoms with van der Waals surface area (Å²) in [5.74, 6) is 1.51. The van der Waals surface area contributed by atoms with E-state index in [2.05, 4.69) is 25.8 Å². The van der Waals surface area contributed by atoms with Crippen LogP contribution >= 0.6 is 0 Å². The SMILES string of the molecule is CCC(CC)C(N)Cc1ncc(C)c(OC)c1C. The molecule has 0 saturated carbocycles. The largest absolute Gasteiger partial charge is 0.496 e. The molecule has 0 saturated heterocycles. The van der Waals surface area contributed by atoms with Crippen molar-refractivity contribution in [3.05, 3.63) is 23.0 Å². The Bertz CT molecular complexity index is 386. The summed E-state index contributed by atoms with van der Waals surface area (Å²) in [7, 11) is 1.71. The van der Waals surface area contributed by atoms with Crippen molar-refractivity contribution < 1.29 is 4.74 Å². The maximum absolute atomic E-state index is 6.29. The number of hydrogen-bond acceptors (Lipinski definition) is 3. The van der Waals surface area contributed by atoms with Gasteiger partial charge in [-0.05, 0) is 19.8 Å². The first kappa shape index (κ1) is 15.0. The first-order chi connectivity index (χ1) is 8.54. The van der Waals surface area contributed by atoms with E-state index in [0.717, 1.165) is 41.8 Å². The highest BCUT2D eigenvalue weighted by molar-refractivity contribution is 5.41. The van der Waals surface area contributed by atoms with Crippen molar-refractivity contribution in [3.8, 4) is 5.75 Å². The van der Waals surface area contributed by atoms with Crippen LogP contribution in [0.25, 0.3) is 0 Å². The number of methoxy groups -OCH3 is 1. The van der Waals surface area contributed by atoms with E-state index < -0.39 is 0 Å². The predicted octanol–water partition coefficient (Wildman–Crippen LogP) is 3.01. The Morgan fingerprint density at radius 3 is 2.39 bits per heavy atom. The minimum absolute atomic E-state index is 0.179. The second-order valence-electron chi connectivity index (χ2n) is 4.99. The van der Waals surface area contributed by atoms with Crippen LogP contribution in [-0.4, -0.2) is 18.1 Å². The minimum Gasteiger partial charge on any atom is -0.496 e. The Kier molecular flexibility index (Phi) is 5.60. The second kappa shape index (κ2) is 6.74. The molecule has 102 valence electrons. The Morgan fingerprint density at radius 1 is 1.28 bits per heavy atom. The highest BCUT2D eigenvalue weighted by atomic mass is 16.5. The molecule has 0 aliphatic carbocycles. The summed E-state index contributed by atoms with van der Waals surface area (Å²) in [6, 6.07) is 0.179. The number of ether oxygens (including phenoxy) is 1. The predicted molar refractivity (Wildman–Crippen MR) is 76.0 cm³/mol. The zero-order valence-corrected chi connectivity index (χ0v) is 12.3. The number of hydrogen-bond donors (Lipinski definition) is 1. The van der Waals surface area contributed by atoms with Crippen molar-refractivity contribution in [2.24, 2.45) is 11.7 Å². The van der Waals surface area contributed by atoms with Gasteiger partial charge in [-0.25, -0.2) is 0 Å². The summed E-state index contributed by atoms with van der Waals surface area (Å²) < 4.78 is 5.43. The molecular formula is C15H26N2O. The van der Waals surface area contributed by atoms with Crippen LogP contribution in [0.1, 0.15) is 43.5 Å². The van der Waals surface area contributed by atoms with Crippen molar-refractivity contribution in [2.75, 3.05) is 7.11 Å². The topological polar surface area (TPSA) is 48.1 Å². The lowest BCUT2D eigenvalue weighted by Crippen LogP contribution is -2.32. The van der Waals surface area contributed by atoms with Gasteiger partial charge in [0.05, 0.1) is 7.11 Å². The van der Waals surface area contributed by atoms with Crippen molar-refractivity contribution >= 4 is 0 Å². The van der Waals surface area contributed by atoms with Crippen LogP contribution in [0.3, 0.4) is 0 Å². The summed E-state index contributed by atoms with van der Waals surface area (Å²) in [4.78, 5) is 4.52. The molecule has 0 aliphatic heterocycles. The lowest BCUT2D eigenvalue weighted by molar-refractivity contribution is 0.386. The molecule has 1 heterocycles. The third-order valence-corrected chi connectivity index (χ3v) is 3.83. The minimum atomic E-state index is 0.179. The van der Waals surface area contributed by atoms with Crippen molar-refractivity contribution in [1.82, 2.24) is 4.98 Å². The zero-order valence-electron chi connectivity index (χ0n) is 12.3. The molecule has 2 N–H and O–H groups in total. The fraction of sp³-hybridized carbons (Fsp3) is 0.667. The number of aromatic nitrogens is 1. The van der Waals surface area contributed by atoms with Crippen LogP contribution in [0.4, 0.5) is 0 Å². The molecule has 1 rings (SSSR count). The van der Waals surface area contributed by atoms with E-state index >= 15 is 0 Å². The molecule has 1 aromatic rings. The Balaban J connectivity index is 2.91. The van der Waals surface area contributed by atoms with Crippen LogP contribution in [0.15, 0.2) is 6.20 Å². The molecule has 0 radical (unpaired) electrons. The molecule has 1 unspecified atom stereocenters. The molecular weight excluding hydrogens is 224 g/mol. The fourth-order valence-corrected chi connectivity index (χ4v) is 2.56. The van der Waals surface area contributed by atoms with E-state index in [9.17, 15) is 0 Å². The van der Waals surface area contributed by atoms with Gasteiger partial charge in [-0.15, -0.1) is 0 Å². The highest BCUT2D eigenvalue weighted by Gasteiger charge is 2.18. The molecule has 0 amide bonds. The Labute approximate surface area is 111 Å². The number of nitrogens with two attached hydrogens (primary N) is 1. The summed E-state index contributed by atoms with van der Waals surface area (Å²) in [6.07, 6.45) is 4.95. The molecule has 18 heavy (non-hydrogen) atoms. The van der Waals surface area contributed by atoms with E-state index in [1.165, 1.54) is 0 Å². The van der Waals surface area contributed by atoms with E-state index in [0.29, 0.717) is 5.92 Å². The highest BCUT2D eigenvalue weighted by Crippen LogP contribution is 2.25. The van der Waals surface area contributed by atoms with Crippen LogP contribution in [0, 0.1) is 19.8 Å². The van der Waals surface area contributed by atoms with Gasteiger partial charge in [0.25, 0.3) is 0 Å². The maximum Gasteiger partial charge on any atom is 0.128 e. The lowest BCUT2D eigenvalue weighted by atomic mass is 9.90. The van der Waals surface area contributed by atoms with Gasteiger partial charge in [-0.3, -0.25) is 4.98 Å². The molecule has 0 bridgehead atoms. The van der Waals surface area contributed by atoms with Gasteiger partial charge < -0.3 is 10.5 Å².